The molecule has 5 aromatic rings. The maximum absolute atomic E-state index is 12.7. The fourth-order valence-corrected chi connectivity index (χ4v) is 5.82. The van der Waals surface area contributed by atoms with Crippen LogP contribution in [0.3, 0.4) is 0 Å². The van der Waals surface area contributed by atoms with Crippen molar-refractivity contribution in [3.63, 3.8) is 0 Å². The summed E-state index contributed by atoms with van der Waals surface area (Å²) in [6.07, 6.45) is -0.482. The van der Waals surface area contributed by atoms with Gasteiger partial charge in [0.05, 0.1) is 16.7 Å². The average Bonchev–Trinajstić information content (AvgIpc) is 3.53. The second-order valence-corrected chi connectivity index (χ2v) is 10.8. The van der Waals surface area contributed by atoms with Crippen molar-refractivity contribution in [3.8, 4) is 22.3 Å². The van der Waals surface area contributed by atoms with Crippen molar-refractivity contribution in [2.75, 3.05) is 6.61 Å². The lowest BCUT2D eigenvalue weighted by atomic mass is 9.98. The summed E-state index contributed by atoms with van der Waals surface area (Å²) in [5.74, 6) is -2.16. The fourth-order valence-electron chi connectivity index (χ4n) is 5.82. The third-order valence-electron chi connectivity index (χ3n) is 8.12. The molecule has 8 heteroatoms. The van der Waals surface area contributed by atoms with Crippen LogP contribution in [0.25, 0.3) is 22.3 Å². The maximum atomic E-state index is 12.7. The first-order valence-corrected chi connectivity index (χ1v) is 14.5. The van der Waals surface area contributed by atoms with Crippen molar-refractivity contribution in [1.82, 2.24) is 10.4 Å². The first-order chi connectivity index (χ1) is 22.0. The van der Waals surface area contributed by atoms with Crippen molar-refractivity contribution in [3.05, 3.63) is 155 Å². The number of carbonyl (C=O) groups is 4. The summed E-state index contributed by atoms with van der Waals surface area (Å²) in [6.45, 7) is 0.556. The van der Waals surface area contributed by atoms with Crippen molar-refractivity contribution in [1.29, 1.82) is 0 Å². The Labute approximate surface area is 258 Å². The number of imide groups is 1. The number of rotatable bonds is 7. The molecule has 0 saturated heterocycles. The Balaban J connectivity index is 0.924. The van der Waals surface area contributed by atoms with E-state index in [2.05, 4.69) is 29.6 Å². The number of hydrogen-bond donors (Lipinski definition) is 1. The summed E-state index contributed by atoms with van der Waals surface area (Å²) in [5.41, 5.74) is 7.92. The van der Waals surface area contributed by atoms with E-state index in [0.717, 1.165) is 27.8 Å². The standard InChI is InChI=1S/C37H26N2O6/c40-34-31-11-5-6-12-32(31)35(41)39(34)45-36(42)26-19-17-25(18-20-26)24-15-13-23(14-16-24)21-38-37(43)44-22-33-29-9-3-1-7-27(29)28-8-2-4-10-30(28)33/h1-20,33H,21-22H2,(H,38,43). The number of benzene rings is 5. The second-order valence-electron chi connectivity index (χ2n) is 10.8. The van der Waals surface area contributed by atoms with E-state index in [0.29, 0.717) is 11.6 Å². The lowest BCUT2D eigenvalue weighted by Gasteiger charge is -2.14. The Bertz CT molecular complexity index is 1890. The predicted octanol–water partition coefficient (Wildman–Crippen LogP) is 6.76. The first-order valence-electron chi connectivity index (χ1n) is 14.5. The molecule has 1 aliphatic heterocycles. The molecule has 1 heterocycles. The first kappa shape index (κ1) is 27.8. The highest BCUT2D eigenvalue weighted by atomic mass is 16.7. The van der Waals surface area contributed by atoms with Gasteiger partial charge in [-0.15, -0.1) is 0 Å². The zero-order valence-electron chi connectivity index (χ0n) is 23.9. The quantitative estimate of drug-likeness (QED) is 0.209. The zero-order chi connectivity index (χ0) is 30.9. The van der Waals surface area contributed by atoms with Gasteiger partial charge in [-0.1, -0.05) is 102 Å². The molecular formula is C37H26N2O6. The van der Waals surface area contributed by atoms with Crippen LogP contribution < -0.4 is 5.32 Å². The minimum absolute atomic E-state index is 0.00184. The molecule has 8 nitrogen and oxygen atoms in total. The third kappa shape index (κ3) is 5.23. The van der Waals surface area contributed by atoms with Gasteiger partial charge in [0.2, 0.25) is 0 Å². The molecule has 0 fully saturated rings. The molecule has 0 radical (unpaired) electrons. The van der Waals surface area contributed by atoms with E-state index in [1.165, 1.54) is 23.3 Å². The Kier molecular flexibility index (Phi) is 7.15. The lowest BCUT2D eigenvalue weighted by Crippen LogP contribution is -2.32. The highest BCUT2D eigenvalue weighted by Gasteiger charge is 2.38. The van der Waals surface area contributed by atoms with Gasteiger partial charge in [-0.25, -0.2) is 9.59 Å². The minimum Gasteiger partial charge on any atom is -0.449 e. The van der Waals surface area contributed by atoms with Gasteiger partial charge in [0.1, 0.15) is 6.61 Å². The van der Waals surface area contributed by atoms with Gasteiger partial charge < -0.3 is 14.9 Å². The van der Waals surface area contributed by atoms with Crippen LogP contribution in [0.1, 0.15) is 53.7 Å². The van der Waals surface area contributed by atoms with Crippen molar-refractivity contribution in [2.24, 2.45) is 0 Å². The van der Waals surface area contributed by atoms with Gasteiger partial charge in [-0.05, 0) is 63.2 Å². The van der Waals surface area contributed by atoms with Crippen LogP contribution in [0.2, 0.25) is 0 Å². The number of nitrogens with one attached hydrogen (secondary N) is 1. The van der Waals surface area contributed by atoms with Crippen LogP contribution in [-0.2, 0) is 16.1 Å². The Morgan fingerprint density at radius 2 is 1.11 bits per heavy atom. The monoisotopic (exact) mass is 594 g/mol. The molecule has 0 saturated carbocycles. The van der Waals surface area contributed by atoms with Crippen LogP contribution in [0.15, 0.2) is 121 Å². The molecule has 0 atom stereocenters. The number of nitrogens with zero attached hydrogens (tertiary/aromatic N) is 1. The summed E-state index contributed by atoms with van der Waals surface area (Å²) in [6, 6.07) is 37.0. The van der Waals surface area contributed by atoms with Gasteiger partial charge >= 0.3 is 12.1 Å². The third-order valence-corrected chi connectivity index (χ3v) is 8.12. The Morgan fingerprint density at radius 1 is 0.622 bits per heavy atom. The highest BCUT2D eigenvalue weighted by molar-refractivity contribution is 6.21. The van der Waals surface area contributed by atoms with Crippen molar-refractivity contribution >= 4 is 23.9 Å². The molecule has 0 aromatic heterocycles. The van der Waals surface area contributed by atoms with Gasteiger partial charge in [0, 0.05) is 12.5 Å². The molecule has 0 unspecified atom stereocenters. The molecule has 3 amide bonds. The summed E-state index contributed by atoms with van der Waals surface area (Å²) < 4.78 is 5.63. The van der Waals surface area contributed by atoms with E-state index in [-0.39, 0.29) is 29.2 Å². The fraction of sp³-hybridized carbons (Fsp3) is 0.0811. The SMILES string of the molecule is O=C(NCc1ccc(-c2ccc(C(=O)ON3C(=O)c4ccccc4C3=O)cc2)cc1)OCC1c2ccccc2-c2ccccc21. The van der Waals surface area contributed by atoms with Crippen molar-refractivity contribution < 1.29 is 28.8 Å². The molecule has 2 aliphatic rings. The van der Waals surface area contributed by atoms with E-state index >= 15 is 0 Å². The van der Waals surface area contributed by atoms with Crippen LogP contribution in [0.5, 0.6) is 0 Å². The predicted molar refractivity (Wildman–Crippen MR) is 166 cm³/mol. The largest absolute Gasteiger partial charge is 0.449 e. The molecule has 1 N–H and O–H groups in total. The summed E-state index contributed by atoms with van der Waals surface area (Å²) in [5, 5.41) is 3.32. The van der Waals surface area contributed by atoms with E-state index in [1.54, 1.807) is 36.4 Å². The van der Waals surface area contributed by atoms with E-state index in [9.17, 15) is 19.2 Å². The number of fused-ring (bicyclic) bond motifs is 4. The second kappa shape index (κ2) is 11.6. The van der Waals surface area contributed by atoms with Gasteiger partial charge in [-0.2, -0.15) is 0 Å². The van der Waals surface area contributed by atoms with Crippen LogP contribution >= 0.6 is 0 Å². The number of carbonyl (C=O) groups excluding carboxylic acids is 4. The molecule has 7 rings (SSSR count). The number of amides is 3. The average molecular weight is 595 g/mol. The molecule has 1 aliphatic carbocycles. The number of hydrogen-bond acceptors (Lipinski definition) is 6. The van der Waals surface area contributed by atoms with Gasteiger partial charge in [0.25, 0.3) is 11.8 Å². The van der Waals surface area contributed by atoms with Gasteiger partial charge in [-0.3, -0.25) is 9.59 Å². The summed E-state index contributed by atoms with van der Waals surface area (Å²) in [7, 11) is 0. The van der Waals surface area contributed by atoms with Gasteiger partial charge in [0.15, 0.2) is 0 Å². The van der Waals surface area contributed by atoms with Crippen LogP contribution in [-0.4, -0.2) is 35.5 Å². The van der Waals surface area contributed by atoms with E-state index < -0.39 is 23.9 Å². The molecule has 45 heavy (non-hydrogen) atoms. The molecule has 220 valence electrons. The van der Waals surface area contributed by atoms with Crippen LogP contribution in [0, 0.1) is 0 Å². The normalized spacial score (nSPS) is 13.2. The Morgan fingerprint density at radius 3 is 1.67 bits per heavy atom. The summed E-state index contributed by atoms with van der Waals surface area (Å²) >= 11 is 0. The lowest BCUT2D eigenvalue weighted by molar-refractivity contribution is -0.0584. The van der Waals surface area contributed by atoms with E-state index in [1.807, 2.05) is 48.5 Å². The number of alkyl carbamates (subject to hydrolysis) is 1. The topological polar surface area (TPSA) is 102 Å². The van der Waals surface area contributed by atoms with Crippen LogP contribution in [0.4, 0.5) is 4.79 Å². The molecule has 0 bridgehead atoms. The van der Waals surface area contributed by atoms with Crippen molar-refractivity contribution in [2.45, 2.75) is 12.5 Å². The molecular weight excluding hydrogens is 568 g/mol. The molecule has 0 spiro atoms. The number of hydroxylamine groups is 2. The zero-order valence-corrected chi connectivity index (χ0v) is 23.9. The van der Waals surface area contributed by atoms with E-state index in [4.69, 9.17) is 9.57 Å². The molecule has 5 aromatic carbocycles. The number of ether oxygens (including phenoxy) is 1. The highest BCUT2D eigenvalue weighted by Crippen LogP contribution is 2.44. The smallest absolute Gasteiger partial charge is 0.407 e. The maximum Gasteiger partial charge on any atom is 0.407 e. The summed E-state index contributed by atoms with van der Waals surface area (Å²) in [4.78, 5) is 55.4. The Hall–Kier alpha value is -6.02. The minimum atomic E-state index is -0.814.